The van der Waals surface area contributed by atoms with Gasteiger partial charge in [0, 0.05) is 37.6 Å². The van der Waals surface area contributed by atoms with Crippen molar-refractivity contribution in [2.24, 2.45) is 11.7 Å². The second-order valence-corrected chi connectivity index (χ2v) is 6.44. The zero-order valence-corrected chi connectivity index (χ0v) is 15.4. The first-order chi connectivity index (χ1) is 13.2. The summed E-state index contributed by atoms with van der Waals surface area (Å²) in [5.74, 6) is 1.73. The lowest BCUT2D eigenvalue weighted by atomic mass is 9.92. The molecule has 1 aromatic heterocycles. The quantitative estimate of drug-likeness (QED) is 0.775. The molecule has 2 aromatic rings. The minimum Gasteiger partial charge on any atom is -0.497 e. The van der Waals surface area contributed by atoms with Crippen LogP contribution in [0.3, 0.4) is 0 Å². The highest BCUT2D eigenvalue weighted by Gasteiger charge is 2.26. The molecule has 1 aromatic carbocycles. The number of nitrogens with one attached hydrogen (secondary N) is 1. The largest absolute Gasteiger partial charge is 0.497 e. The molecule has 0 radical (unpaired) electrons. The molecule has 0 saturated carbocycles. The maximum absolute atomic E-state index is 12.4. The van der Waals surface area contributed by atoms with Crippen LogP contribution in [0.5, 0.6) is 17.4 Å². The van der Waals surface area contributed by atoms with Crippen LogP contribution in [0.15, 0.2) is 42.6 Å². The molecule has 0 spiro atoms. The Morgan fingerprint density at radius 2 is 2.07 bits per heavy atom. The highest BCUT2D eigenvalue weighted by molar-refractivity contribution is 5.81. The van der Waals surface area contributed by atoms with E-state index in [1.807, 2.05) is 24.3 Å². The van der Waals surface area contributed by atoms with Crippen molar-refractivity contribution in [1.82, 2.24) is 10.3 Å². The summed E-state index contributed by atoms with van der Waals surface area (Å²) in [6.45, 7) is 1.61. The predicted octanol–water partition coefficient (Wildman–Crippen LogP) is 2.25. The van der Waals surface area contributed by atoms with Crippen molar-refractivity contribution in [1.29, 1.82) is 0 Å². The molecule has 27 heavy (non-hydrogen) atoms. The molecule has 1 atom stereocenters. The van der Waals surface area contributed by atoms with Gasteiger partial charge in [0.1, 0.15) is 11.5 Å². The van der Waals surface area contributed by atoms with E-state index in [2.05, 4.69) is 10.3 Å². The number of hydrogen-bond donors (Lipinski definition) is 2. The number of rotatable bonds is 7. The Bertz CT molecular complexity index is 762. The summed E-state index contributed by atoms with van der Waals surface area (Å²) in [6, 6.07) is 10.4. The molecule has 3 N–H and O–H groups in total. The third-order valence-corrected chi connectivity index (χ3v) is 4.64. The van der Waals surface area contributed by atoms with E-state index >= 15 is 0 Å². The molecule has 144 valence electrons. The van der Waals surface area contributed by atoms with Gasteiger partial charge in [-0.15, -0.1) is 0 Å². The molecule has 7 heteroatoms. The number of carbonyl (C=O) groups excluding carboxylic acids is 1. The number of nitrogens with two attached hydrogens (primary N) is 1. The van der Waals surface area contributed by atoms with Gasteiger partial charge >= 0.3 is 0 Å². The molecule has 1 saturated heterocycles. The van der Waals surface area contributed by atoms with Crippen LogP contribution in [-0.2, 0) is 16.1 Å². The summed E-state index contributed by atoms with van der Waals surface area (Å²) in [6.07, 6.45) is 3.27. The zero-order chi connectivity index (χ0) is 19.1. The maximum atomic E-state index is 12.4. The maximum Gasteiger partial charge on any atom is 0.237 e. The first kappa shape index (κ1) is 19.1. The second kappa shape index (κ2) is 9.34. The number of methoxy groups -OCH3 is 1. The SMILES string of the molecule is COc1cccc(Oc2ncccc2CNC(=O)C(N)C2CCOCC2)c1. The molecule has 1 aliphatic heterocycles. The molecule has 1 amide bonds. The predicted molar refractivity (Wildman–Crippen MR) is 101 cm³/mol. The summed E-state index contributed by atoms with van der Waals surface area (Å²) >= 11 is 0. The Hall–Kier alpha value is -2.64. The molecule has 2 heterocycles. The van der Waals surface area contributed by atoms with Gasteiger partial charge in [0.05, 0.1) is 13.2 Å². The average molecular weight is 371 g/mol. The van der Waals surface area contributed by atoms with Gasteiger partial charge < -0.3 is 25.3 Å². The molecule has 3 rings (SSSR count). The van der Waals surface area contributed by atoms with Crippen molar-refractivity contribution in [3.05, 3.63) is 48.2 Å². The van der Waals surface area contributed by atoms with Crippen LogP contribution in [0, 0.1) is 5.92 Å². The van der Waals surface area contributed by atoms with E-state index in [0.29, 0.717) is 37.1 Å². The highest BCUT2D eigenvalue weighted by atomic mass is 16.5. The van der Waals surface area contributed by atoms with Crippen molar-refractivity contribution in [3.8, 4) is 17.4 Å². The van der Waals surface area contributed by atoms with E-state index < -0.39 is 6.04 Å². The molecule has 1 aliphatic rings. The number of benzene rings is 1. The van der Waals surface area contributed by atoms with E-state index in [9.17, 15) is 4.79 Å². The van der Waals surface area contributed by atoms with Crippen molar-refractivity contribution < 1.29 is 19.0 Å². The van der Waals surface area contributed by atoms with E-state index in [1.54, 1.807) is 25.4 Å². The summed E-state index contributed by atoms with van der Waals surface area (Å²) in [4.78, 5) is 16.7. The molecule has 1 unspecified atom stereocenters. The van der Waals surface area contributed by atoms with Crippen LogP contribution < -0.4 is 20.5 Å². The number of nitrogens with zero attached hydrogens (tertiary/aromatic N) is 1. The molecule has 0 bridgehead atoms. The Morgan fingerprint density at radius 1 is 1.30 bits per heavy atom. The van der Waals surface area contributed by atoms with Gasteiger partial charge in [0.25, 0.3) is 0 Å². The smallest absolute Gasteiger partial charge is 0.237 e. The lowest BCUT2D eigenvalue weighted by molar-refractivity contribution is -0.124. The lowest BCUT2D eigenvalue weighted by Gasteiger charge is -2.26. The number of carbonyl (C=O) groups is 1. The van der Waals surface area contributed by atoms with Gasteiger partial charge in [-0.25, -0.2) is 4.98 Å². The molecular formula is C20H25N3O4. The summed E-state index contributed by atoms with van der Waals surface area (Å²) in [5.41, 5.74) is 6.89. The van der Waals surface area contributed by atoms with Crippen LogP contribution in [0.4, 0.5) is 0 Å². The number of hydrogen-bond acceptors (Lipinski definition) is 6. The standard InChI is InChI=1S/C20H25N3O4/c1-25-16-5-2-6-17(12-16)27-20-15(4-3-9-22-20)13-23-19(24)18(21)14-7-10-26-11-8-14/h2-6,9,12,14,18H,7-8,10-11,13,21H2,1H3,(H,23,24). The second-order valence-electron chi connectivity index (χ2n) is 6.44. The van der Waals surface area contributed by atoms with Gasteiger partial charge in [-0.1, -0.05) is 12.1 Å². The van der Waals surface area contributed by atoms with Crippen LogP contribution >= 0.6 is 0 Å². The van der Waals surface area contributed by atoms with Gasteiger partial charge in [-0.2, -0.15) is 0 Å². The van der Waals surface area contributed by atoms with Crippen LogP contribution in [-0.4, -0.2) is 37.3 Å². The number of pyridine rings is 1. The normalized spacial score (nSPS) is 15.8. The summed E-state index contributed by atoms with van der Waals surface area (Å²) in [5, 5.41) is 2.90. The summed E-state index contributed by atoms with van der Waals surface area (Å²) < 4.78 is 16.4. The molecular weight excluding hydrogens is 346 g/mol. The Balaban J connectivity index is 1.62. The zero-order valence-electron chi connectivity index (χ0n) is 15.4. The minimum atomic E-state index is -0.534. The van der Waals surface area contributed by atoms with Crippen molar-refractivity contribution in [3.63, 3.8) is 0 Å². The van der Waals surface area contributed by atoms with Gasteiger partial charge in [-0.3, -0.25) is 4.79 Å². The number of aromatic nitrogens is 1. The van der Waals surface area contributed by atoms with Gasteiger partial charge in [-0.05, 0) is 37.0 Å². The molecule has 7 nitrogen and oxygen atoms in total. The number of amides is 1. The fraction of sp³-hybridized carbons (Fsp3) is 0.400. The van der Waals surface area contributed by atoms with Crippen molar-refractivity contribution >= 4 is 5.91 Å². The Morgan fingerprint density at radius 3 is 2.85 bits per heavy atom. The van der Waals surface area contributed by atoms with Gasteiger partial charge in [0.15, 0.2) is 0 Å². The van der Waals surface area contributed by atoms with Crippen molar-refractivity contribution in [2.75, 3.05) is 20.3 Å². The first-order valence-electron chi connectivity index (χ1n) is 9.04. The third kappa shape index (κ3) is 5.18. The van der Waals surface area contributed by atoms with Crippen LogP contribution in [0.2, 0.25) is 0 Å². The van der Waals surface area contributed by atoms with Crippen LogP contribution in [0.1, 0.15) is 18.4 Å². The Labute approximate surface area is 158 Å². The van der Waals surface area contributed by atoms with E-state index in [1.165, 1.54) is 0 Å². The molecule has 1 fully saturated rings. The molecule has 0 aliphatic carbocycles. The topological polar surface area (TPSA) is 95.7 Å². The fourth-order valence-electron chi connectivity index (χ4n) is 3.02. The highest BCUT2D eigenvalue weighted by Crippen LogP contribution is 2.26. The third-order valence-electron chi connectivity index (χ3n) is 4.64. The van der Waals surface area contributed by atoms with Crippen LogP contribution in [0.25, 0.3) is 0 Å². The summed E-state index contributed by atoms with van der Waals surface area (Å²) in [7, 11) is 1.60. The first-order valence-corrected chi connectivity index (χ1v) is 9.04. The minimum absolute atomic E-state index is 0.153. The number of ether oxygens (including phenoxy) is 3. The van der Waals surface area contributed by atoms with E-state index in [0.717, 1.165) is 18.4 Å². The Kier molecular flexibility index (Phi) is 6.62. The van der Waals surface area contributed by atoms with E-state index in [4.69, 9.17) is 19.9 Å². The monoisotopic (exact) mass is 371 g/mol. The lowest BCUT2D eigenvalue weighted by Crippen LogP contribution is -2.46. The van der Waals surface area contributed by atoms with Gasteiger partial charge in [0.2, 0.25) is 11.8 Å². The van der Waals surface area contributed by atoms with Crippen molar-refractivity contribution in [2.45, 2.75) is 25.4 Å². The average Bonchev–Trinajstić information content (AvgIpc) is 2.73. The van der Waals surface area contributed by atoms with E-state index in [-0.39, 0.29) is 11.8 Å². The fourth-order valence-corrected chi connectivity index (χ4v) is 3.02.